The predicted molar refractivity (Wildman–Crippen MR) is 105 cm³/mol. The van der Waals surface area contributed by atoms with E-state index in [-0.39, 0.29) is 30.7 Å². The molecular formula is C21H22N2O5. The highest BCUT2D eigenvalue weighted by Crippen LogP contribution is 2.31. The van der Waals surface area contributed by atoms with E-state index in [0.29, 0.717) is 28.3 Å². The van der Waals surface area contributed by atoms with Gasteiger partial charge in [0.15, 0.2) is 0 Å². The predicted octanol–water partition coefficient (Wildman–Crippen LogP) is 2.54. The smallest absolute Gasteiger partial charge is 0.278 e. The molecule has 1 aliphatic rings. The van der Waals surface area contributed by atoms with Crippen molar-refractivity contribution >= 4 is 23.1 Å². The van der Waals surface area contributed by atoms with E-state index < -0.39 is 0 Å². The number of imide groups is 1. The van der Waals surface area contributed by atoms with Crippen LogP contribution in [-0.2, 0) is 14.3 Å². The number of carbonyl (C=O) groups excluding carboxylic acids is 2. The molecule has 0 aliphatic carbocycles. The molecule has 7 heteroatoms. The molecule has 2 aromatic rings. The van der Waals surface area contributed by atoms with Crippen LogP contribution in [0.4, 0.5) is 5.69 Å². The van der Waals surface area contributed by atoms with E-state index in [4.69, 9.17) is 14.2 Å². The first kappa shape index (κ1) is 19.4. The van der Waals surface area contributed by atoms with E-state index >= 15 is 0 Å². The Morgan fingerprint density at radius 2 is 1.39 bits per heavy atom. The molecule has 3 rings (SSSR count). The van der Waals surface area contributed by atoms with E-state index in [0.717, 1.165) is 0 Å². The minimum absolute atomic E-state index is 0.182. The third-order valence-electron chi connectivity index (χ3n) is 4.43. The zero-order valence-electron chi connectivity index (χ0n) is 16.0. The van der Waals surface area contributed by atoms with Gasteiger partial charge in [0, 0.05) is 12.8 Å². The van der Waals surface area contributed by atoms with Crippen LogP contribution >= 0.6 is 0 Å². The van der Waals surface area contributed by atoms with Crippen molar-refractivity contribution in [3.05, 3.63) is 59.8 Å². The van der Waals surface area contributed by atoms with Crippen LogP contribution in [0.15, 0.2) is 54.2 Å². The van der Waals surface area contributed by atoms with Gasteiger partial charge in [0.05, 0.1) is 32.9 Å². The summed E-state index contributed by atoms with van der Waals surface area (Å²) in [5, 5.41) is 3.10. The maximum atomic E-state index is 13.0. The molecule has 0 unspecified atom stereocenters. The van der Waals surface area contributed by atoms with E-state index in [2.05, 4.69) is 5.32 Å². The molecule has 0 fully saturated rings. The van der Waals surface area contributed by atoms with Crippen molar-refractivity contribution in [2.24, 2.45) is 0 Å². The summed E-state index contributed by atoms with van der Waals surface area (Å²) < 4.78 is 15.4. The average Bonchev–Trinajstić information content (AvgIpc) is 2.96. The summed E-state index contributed by atoms with van der Waals surface area (Å²) >= 11 is 0. The average molecular weight is 382 g/mol. The summed E-state index contributed by atoms with van der Waals surface area (Å²) in [6.45, 7) is 0.449. The molecular weight excluding hydrogens is 360 g/mol. The summed E-state index contributed by atoms with van der Waals surface area (Å²) in [5.41, 5.74) is 1.86. The topological polar surface area (TPSA) is 77.1 Å². The Labute approximate surface area is 163 Å². The maximum absolute atomic E-state index is 13.0. The van der Waals surface area contributed by atoms with Crippen LogP contribution in [0.1, 0.15) is 5.56 Å². The number of amides is 2. The molecule has 28 heavy (non-hydrogen) atoms. The van der Waals surface area contributed by atoms with E-state index in [1.54, 1.807) is 62.8 Å². The molecule has 7 nitrogen and oxygen atoms in total. The number of methoxy groups -OCH3 is 3. The number of anilines is 1. The molecule has 0 aromatic heterocycles. The molecule has 0 saturated heterocycles. The van der Waals surface area contributed by atoms with Crippen LogP contribution in [-0.4, -0.2) is 51.2 Å². The van der Waals surface area contributed by atoms with Crippen LogP contribution in [0.25, 0.3) is 5.57 Å². The van der Waals surface area contributed by atoms with Gasteiger partial charge in [0.1, 0.15) is 17.2 Å². The molecule has 1 heterocycles. The quantitative estimate of drug-likeness (QED) is 0.707. The van der Waals surface area contributed by atoms with Crippen LogP contribution < -0.4 is 14.8 Å². The van der Waals surface area contributed by atoms with Crippen molar-refractivity contribution in [3.63, 3.8) is 0 Å². The molecule has 1 aliphatic heterocycles. The number of nitrogens with one attached hydrogen (secondary N) is 1. The van der Waals surface area contributed by atoms with Gasteiger partial charge in [0.25, 0.3) is 11.8 Å². The fourth-order valence-electron chi connectivity index (χ4n) is 2.92. The van der Waals surface area contributed by atoms with Crippen LogP contribution in [0.3, 0.4) is 0 Å². The number of hydrogen-bond acceptors (Lipinski definition) is 6. The monoisotopic (exact) mass is 382 g/mol. The van der Waals surface area contributed by atoms with Gasteiger partial charge in [-0.05, 0) is 42.0 Å². The molecule has 2 aromatic carbocycles. The molecule has 1 N–H and O–H groups in total. The van der Waals surface area contributed by atoms with E-state index in [1.807, 2.05) is 0 Å². The van der Waals surface area contributed by atoms with Gasteiger partial charge in [-0.15, -0.1) is 0 Å². The van der Waals surface area contributed by atoms with Crippen molar-refractivity contribution in [2.45, 2.75) is 0 Å². The van der Waals surface area contributed by atoms with E-state index in [9.17, 15) is 9.59 Å². The lowest BCUT2D eigenvalue weighted by atomic mass is 10.0. The molecule has 0 bridgehead atoms. The molecule has 0 spiro atoms. The van der Waals surface area contributed by atoms with Crippen LogP contribution in [0.2, 0.25) is 0 Å². The van der Waals surface area contributed by atoms with Gasteiger partial charge in [0.2, 0.25) is 0 Å². The van der Waals surface area contributed by atoms with Crippen molar-refractivity contribution in [1.29, 1.82) is 0 Å². The third kappa shape index (κ3) is 3.84. The van der Waals surface area contributed by atoms with Crippen LogP contribution in [0.5, 0.6) is 11.5 Å². The Hall–Kier alpha value is -3.32. The van der Waals surface area contributed by atoms with Crippen molar-refractivity contribution in [3.8, 4) is 11.5 Å². The van der Waals surface area contributed by atoms with E-state index in [1.165, 1.54) is 12.0 Å². The van der Waals surface area contributed by atoms with Crippen molar-refractivity contribution in [2.75, 3.05) is 39.8 Å². The highest BCUT2D eigenvalue weighted by Gasteiger charge is 2.38. The summed E-state index contributed by atoms with van der Waals surface area (Å²) in [6, 6.07) is 14.1. The summed E-state index contributed by atoms with van der Waals surface area (Å²) in [6.07, 6.45) is 0. The lowest BCUT2D eigenvalue weighted by Gasteiger charge is -2.14. The summed E-state index contributed by atoms with van der Waals surface area (Å²) in [7, 11) is 4.68. The Kier molecular flexibility index (Phi) is 5.96. The van der Waals surface area contributed by atoms with Gasteiger partial charge < -0.3 is 19.5 Å². The minimum Gasteiger partial charge on any atom is -0.497 e. The zero-order chi connectivity index (χ0) is 20.1. The third-order valence-corrected chi connectivity index (χ3v) is 4.43. The van der Waals surface area contributed by atoms with Gasteiger partial charge in [-0.1, -0.05) is 12.1 Å². The first-order chi connectivity index (χ1) is 13.6. The Morgan fingerprint density at radius 1 is 0.821 bits per heavy atom. The number of carbonyl (C=O) groups is 2. The molecule has 0 atom stereocenters. The molecule has 0 radical (unpaired) electrons. The lowest BCUT2D eigenvalue weighted by molar-refractivity contribution is -0.137. The standard InChI is InChI=1S/C21H22N2O5/c1-26-13-12-23-20(24)18(14-4-8-16(27-2)9-5-14)19(21(23)25)22-15-6-10-17(28-3)11-7-15/h4-11,22H,12-13H2,1-3H3. The molecule has 2 amide bonds. The SMILES string of the molecule is COCCN1C(=O)C(Nc2ccc(OC)cc2)=C(c2ccc(OC)cc2)C1=O. The zero-order valence-corrected chi connectivity index (χ0v) is 16.0. The lowest BCUT2D eigenvalue weighted by Crippen LogP contribution is -2.35. The fourth-order valence-corrected chi connectivity index (χ4v) is 2.92. The number of nitrogens with zero attached hydrogens (tertiary/aromatic N) is 1. The normalized spacial score (nSPS) is 13.9. The number of hydrogen-bond donors (Lipinski definition) is 1. The number of benzene rings is 2. The summed E-state index contributed by atoms with van der Waals surface area (Å²) in [4.78, 5) is 27.1. The fraction of sp³-hybridized carbons (Fsp3) is 0.238. The molecule has 146 valence electrons. The molecule has 0 saturated carbocycles. The highest BCUT2D eigenvalue weighted by atomic mass is 16.5. The van der Waals surface area contributed by atoms with Crippen molar-refractivity contribution in [1.82, 2.24) is 4.90 Å². The second kappa shape index (κ2) is 8.58. The van der Waals surface area contributed by atoms with Gasteiger partial charge >= 0.3 is 0 Å². The van der Waals surface area contributed by atoms with Gasteiger partial charge in [-0.25, -0.2) is 0 Å². The second-order valence-electron chi connectivity index (χ2n) is 6.09. The first-order valence-electron chi connectivity index (χ1n) is 8.74. The highest BCUT2D eigenvalue weighted by molar-refractivity contribution is 6.36. The number of rotatable bonds is 8. The summed E-state index contributed by atoms with van der Waals surface area (Å²) in [5.74, 6) is 0.624. The van der Waals surface area contributed by atoms with Crippen LogP contribution in [0, 0.1) is 0 Å². The maximum Gasteiger partial charge on any atom is 0.278 e. The number of ether oxygens (including phenoxy) is 3. The largest absolute Gasteiger partial charge is 0.497 e. The first-order valence-corrected chi connectivity index (χ1v) is 8.74. The Balaban J connectivity index is 1.99. The Morgan fingerprint density at radius 3 is 1.93 bits per heavy atom. The minimum atomic E-state index is -0.385. The second-order valence-corrected chi connectivity index (χ2v) is 6.09. The Bertz CT molecular complexity index is 888. The van der Waals surface area contributed by atoms with Gasteiger partial charge in [-0.3, -0.25) is 14.5 Å². The van der Waals surface area contributed by atoms with Gasteiger partial charge in [-0.2, -0.15) is 0 Å². The van der Waals surface area contributed by atoms with Crippen molar-refractivity contribution < 1.29 is 23.8 Å².